The summed E-state index contributed by atoms with van der Waals surface area (Å²) in [6.45, 7) is 0.696. The minimum absolute atomic E-state index is 0.0426. The molecule has 2 aliphatic heterocycles. The molecule has 2 saturated heterocycles. The van der Waals surface area contributed by atoms with E-state index in [9.17, 15) is 9.59 Å². The lowest BCUT2D eigenvalue weighted by atomic mass is 9.89. The number of rotatable bonds is 6. The fourth-order valence-electron chi connectivity index (χ4n) is 4.76. The first kappa shape index (κ1) is 19.5. The summed E-state index contributed by atoms with van der Waals surface area (Å²) in [4.78, 5) is 27.7. The molecule has 2 heterocycles. The predicted octanol–water partition coefficient (Wildman–Crippen LogP) is 2.09. The molecule has 1 amide bonds. The first-order valence-corrected chi connectivity index (χ1v) is 11.2. The van der Waals surface area contributed by atoms with Crippen molar-refractivity contribution in [3.05, 3.63) is 35.4 Å². The maximum atomic E-state index is 13.0. The van der Waals surface area contributed by atoms with E-state index >= 15 is 0 Å². The lowest BCUT2D eigenvalue weighted by Gasteiger charge is -2.26. The van der Waals surface area contributed by atoms with Crippen LogP contribution in [0.3, 0.4) is 0 Å². The lowest BCUT2D eigenvalue weighted by Crippen LogP contribution is -2.50. The van der Waals surface area contributed by atoms with Crippen LogP contribution in [0.1, 0.15) is 30.4 Å². The molecule has 1 aromatic rings. The number of hydrogen-bond donors (Lipinski definition) is 2. The van der Waals surface area contributed by atoms with E-state index in [4.69, 9.17) is 5.21 Å². The summed E-state index contributed by atoms with van der Waals surface area (Å²) in [5, 5.41) is 15.2. The van der Waals surface area contributed by atoms with E-state index in [2.05, 4.69) is 34.7 Å². The van der Waals surface area contributed by atoms with E-state index in [0.717, 1.165) is 31.4 Å². The van der Waals surface area contributed by atoms with Crippen molar-refractivity contribution in [3.63, 3.8) is 0 Å². The van der Waals surface area contributed by atoms with Gasteiger partial charge < -0.3 is 15.4 Å². The Morgan fingerprint density at radius 2 is 2.04 bits per heavy atom. The number of Topliss-reactive ketones (excluding diaryl/α,β-unsaturated/α-hetero) is 1. The van der Waals surface area contributed by atoms with Crippen LogP contribution in [-0.2, 0) is 22.4 Å². The molecule has 28 heavy (non-hydrogen) atoms. The third-order valence-electron chi connectivity index (χ3n) is 6.28. The molecular weight excluding hydrogens is 374 g/mol. The number of benzene rings is 1. The summed E-state index contributed by atoms with van der Waals surface area (Å²) in [5.41, 5.74) is 2.83. The first-order chi connectivity index (χ1) is 13.7. The van der Waals surface area contributed by atoms with Gasteiger partial charge in [0.2, 0.25) is 5.91 Å². The third kappa shape index (κ3) is 3.96. The molecule has 2 N–H and O–H groups in total. The van der Waals surface area contributed by atoms with Gasteiger partial charge in [-0.1, -0.05) is 29.4 Å². The molecule has 150 valence electrons. The highest BCUT2D eigenvalue weighted by Crippen LogP contribution is 2.31. The summed E-state index contributed by atoms with van der Waals surface area (Å²) in [6, 6.07) is 7.90. The summed E-state index contributed by atoms with van der Waals surface area (Å²) in [5.74, 6) is 1.76. The van der Waals surface area contributed by atoms with Crippen LogP contribution in [-0.4, -0.2) is 58.3 Å². The van der Waals surface area contributed by atoms with Gasteiger partial charge in [0.05, 0.1) is 24.2 Å². The van der Waals surface area contributed by atoms with Crippen LogP contribution in [0.25, 0.3) is 0 Å². The highest BCUT2D eigenvalue weighted by molar-refractivity contribution is 7.99. The Morgan fingerprint density at radius 3 is 2.75 bits per heavy atom. The number of carbonyl (C=O) groups excluding carboxylic acids is 2. The van der Waals surface area contributed by atoms with E-state index in [-0.39, 0.29) is 23.7 Å². The molecule has 3 atom stereocenters. The fourth-order valence-corrected chi connectivity index (χ4v) is 5.89. The second-order valence-electron chi connectivity index (χ2n) is 8.01. The average molecular weight is 402 g/mol. The third-order valence-corrected chi connectivity index (χ3v) is 7.32. The monoisotopic (exact) mass is 401 g/mol. The van der Waals surface area contributed by atoms with Crippen molar-refractivity contribution in [2.24, 2.45) is 17.0 Å². The van der Waals surface area contributed by atoms with Crippen molar-refractivity contribution in [3.8, 4) is 0 Å². The molecule has 0 aromatic heterocycles. The van der Waals surface area contributed by atoms with E-state index in [1.165, 1.54) is 17.3 Å². The molecule has 6 nitrogen and oxygen atoms in total. The van der Waals surface area contributed by atoms with Crippen LogP contribution in [0.4, 0.5) is 0 Å². The molecule has 4 rings (SSSR count). The molecular formula is C21H27N3O3S. The van der Waals surface area contributed by atoms with Crippen LogP contribution in [0, 0.1) is 11.8 Å². The Morgan fingerprint density at radius 1 is 1.29 bits per heavy atom. The second kappa shape index (κ2) is 8.66. The molecule has 1 aliphatic carbocycles. The van der Waals surface area contributed by atoms with Gasteiger partial charge in [0, 0.05) is 18.1 Å². The minimum atomic E-state index is -0.443. The quantitative estimate of drug-likeness (QED) is 0.433. The number of oxime groups is 1. The Kier molecular flexibility index (Phi) is 6.01. The minimum Gasteiger partial charge on any atom is -0.411 e. The summed E-state index contributed by atoms with van der Waals surface area (Å²) >= 11 is 1.64. The molecule has 1 aromatic carbocycles. The maximum Gasteiger partial charge on any atom is 0.241 e. The zero-order valence-corrected chi connectivity index (χ0v) is 16.7. The zero-order valence-electron chi connectivity index (χ0n) is 15.9. The number of thioether (sulfide) groups is 1. The largest absolute Gasteiger partial charge is 0.411 e. The standard InChI is InChI=1S/C21H27N3O3S/c25-19(6-5-14-9-15-3-1-2-4-16(15)10-14)18-7-8-22-20(18)21(26)24-13-28-12-17(24)11-23-27/h1-4,11,14,17-18,20,22,27H,5-10,12-13H2/t17-,18?,20-/m1/s1. The first-order valence-electron chi connectivity index (χ1n) is 10.1. The van der Waals surface area contributed by atoms with Gasteiger partial charge in [0.15, 0.2) is 0 Å². The Balaban J connectivity index is 1.33. The van der Waals surface area contributed by atoms with Gasteiger partial charge in [0.25, 0.3) is 0 Å². The Bertz CT molecular complexity index is 744. The predicted molar refractivity (Wildman–Crippen MR) is 110 cm³/mol. The van der Waals surface area contributed by atoms with Crippen LogP contribution in [0.5, 0.6) is 0 Å². The zero-order chi connectivity index (χ0) is 19.5. The SMILES string of the molecule is O=C(CCC1Cc2ccccc2C1)C1CCN[C@H]1C(=O)N1CSC[C@H]1C=NO. The van der Waals surface area contributed by atoms with Gasteiger partial charge >= 0.3 is 0 Å². The van der Waals surface area contributed by atoms with E-state index < -0.39 is 6.04 Å². The molecule has 0 bridgehead atoms. The molecule has 1 unspecified atom stereocenters. The van der Waals surface area contributed by atoms with Gasteiger partial charge in [-0.05, 0) is 49.3 Å². The van der Waals surface area contributed by atoms with E-state index in [1.807, 2.05) is 0 Å². The number of fused-ring (bicyclic) bond motifs is 1. The number of nitrogens with zero attached hydrogens (tertiary/aromatic N) is 2. The number of carbonyl (C=O) groups is 2. The maximum absolute atomic E-state index is 13.0. The molecule has 0 saturated carbocycles. The lowest BCUT2D eigenvalue weighted by molar-refractivity contribution is -0.136. The molecule has 7 heteroatoms. The number of ketones is 1. The van der Waals surface area contributed by atoms with Gasteiger partial charge in [0.1, 0.15) is 5.78 Å². The normalized spacial score (nSPS) is 27.6. The van der Waals surface area contributed by atoms with E-state index in [1.54, 1.807) is 16.7 Å². The van der Waals surface area contributed by atoms with Gasteiger partial charge in [-0.25, -0.2) is 0 Å². The van der Waals surface area contributed by atoms with Gasteiger partial charge in [-0.15, -0.1) is 11.8 Å². The number of amides is 1. The molecule has 3 aliphatic rings. The Labute approximate surface area is 169 Å². The molecule has 0 radical (unpaired) electrons. The second-order valence-corrected chi connectivity index (χ2v) is 9.01. The average Bonchev–Trinajstić information content (AvgIpc) is 3.44. The van der Waals surface area contributed by atoms with Crippen LogP contribution < -0.4 is 5.32 Å². The van der Waals surface area contributed by atoms with Crippen molar-refractivity contribution < 1.29 is 14.8 Å². The van der Waals surface area contributed by atoms with Gasteiger partial charge in [-0.3, -0.25) is 9.59 Å². The molecule has 2 fully saturated rings. The van der Waals surface area contributed by atoms with Crippen molar-refractivity contribution in [2.45, 2.75) is 44.2 Å². The van der Waals surface area contributed by atoms with Crippen LogP contribution in [0.2, 0.25) is 0 Å². The summed E-state index contributed by atoms with van der Waals surface area (Å²) in [6.07, 6.45) is 5.68. The number of hydrogen-bond acceptors (Lipinski definition) is 6. The summed E-state index contributed by atoms with van der Waals surface area (Å²) in [7, 11) is 0. The van der Waals surface area contributed by atoms with Crippen molar-refractivity contribution in [1.82, 2.24) is 10.2 Å². The highest BCUT2D eigenvalue weighted by atomic mass is 32.2. The highest BCUT2D eigenvalue weighted by Gasteiger charge is 2.42. The van der Waals surface area contributed by atoms with Crippen molar-refractivity contribution >= 4 is 29.7 Å². The van der Waals surface area contributed by atoms with Crippen molar-refractivity contribution in [2.75, 3.05) is 18.2 Å². The fraction of sp³-hybridized carbons (Fsp3) is 0.571. The molecule has 0 spiro atoms. The van der Waals surface area contributed by atoms with E-state index in [0.29, 0.717) is 24.8 Å². The van der Waals surface area contributed by atoms with Crippen molar-refractivity contribution in [1.29, 1.82) is 0 Å². The number of nitrogens with one attached hydrogen (secondary N) is 1. The van der Waals surface area contributed by atoms with Crippen LogP contribution in [0.15, 0.2) is 29.4 Å². The topological polar surface area (TPSA) is 82.0 Å². The Hall–Kier alpha value is -1.86. The van der Waals surface area contributed by atoms with Gasteiger partial charge in [-0.2, -0.15) is 0 Å². The summed E-state index contributed by atoms with van der Waals surface area (Å²) < 4.78 is 0. The smallest absolute Gasteiger partial charge is 0.241 e. The van der Waals surface area contributed by atoms with Crippen LogP contribution >= 0.6 is 11.8 Å².